The Morgan fingerprint density at radius 1 is 1.24 bits per heavy atom. The first kappa shape index (κ1) is 14.7. The van der Waals surface area contributed by atoms with E-state index in [0.29, 0.717) is 0 Å². The lowest BCUT2D eigenvalue weighted by molar-refractivity contribution is 0.191. The first-order valence-corrected chi connectivity index (χ1v) is 8.46. The zero-order chi connectivity index (χ0) is 12.5. The topological polar surface area (TPSA) is 18.5 Å². The average Bonchev–Trinajstić information content (AvgIpc) is 2.30. The van der Waals surface area contributed by atoms with Gasteiger partial charge in [-0.3, -0.25) is 0 Å². The van der Waals surface area contributed by atoms with E-state index in [1.807, 2.05) is 0 Å². The van der Waals surface area contributed by atoms with Gasteiger partial charge in [0.25, 0.3) is 0 Å². The normalized spacial score (nSPS) is 21.4. The molecule has 0 aromatic heterocycles. The van der Waals surface area contributed by atoms with Crippen LogP contribution < -0.4 is 0 Å². The Morgan fingerprint density at radius 2 is 2.06 bits per heavy atom. The van der Waals surface area contributed by atoms with E-state index in [4.69, 9.17) is 8.85 Å². The molecule has 17 heavy (non-hydrogen) atoms. The van der Waals surface area contributed by atoms with Crippen molar-refractivity contribution < 1.29 is 8.85 Å². The summed E-state index contributed by atoms with van der Waals surface area (Å²) in [7, 11) is -1.28. The molecule has 1 heterocycles. The van der Waals surface area contributed by atoms with Crippen molar-refractivity contribution >= 4 is 9.28 Å². The van der Waals surface area contributed by atoms with Crippen molar-refractivity contribution in [1.82, 2.24) is 0 Å². The Balaban J connectivity index is 2.12. The minimum Gasteiger partial charge on any atom is -0.397 e. The van der Waals surface area contributed by atoms with Crippen LogP contribution in [0.15, 0.2) is 23.3 Å². The highest BCUT2D eigenvalue weighted by Crippen LogP contribution is 2.12. The van der Waals surface area contributed by atoms with Crippen molar-refractivity contribution in [3.63, 3.8) is 0 Å². The van der Waals surface area contributed by atoms with Gasteiger partial charge in [-0.15, -0.1) is 0 Å². The van der Waals surface area contributed by atoms with Gasteiger partial charge in [-0.25, -0.2) is 0 Å². The van der Waals surface area contributed by atoms with E-state index in [-0.39, 0.29) is 0 Å². The fraction of sp³-hybridized carbons (Fsp3) is 0.714. The van der Waals surface area contributed by atoms with Gasteiger partial charge in [0, 0.05) is 6.61 Å². The van der Waals surface area contributed by atoms with Crippen LogP contribution >= 0.6 is 0 Å². The molecule has 0 aliphatic carbocycles. The van der Waals surface area contributed by atoms with Crippen LogP contribution in [0.4, 0.5) is 0 Å². The van der Waals surface area contributed by atoms with Crippen LogP contribution in [0.3, 0.4) is 0 Å². The minimum absolute atomic E-state index is 0.748. The lowest BCUT2D eigenvalue weighted by Crippen LogP contribution is -2.27. The minimum atomic E-state index is -1.28. The molecule has 1 aliphatic heterocycles. The van der Waals surface area contributed by atoms with E-state index < -0.39 is 9.28 Å². The third kappa shape index (κ3) is 7.52. The summed E-state index contributed by atoms with van der Waals surface area (Å²) in [4.78, 5) is 0. The average molecular weight is 254 g/mol. The molecule has 0 N–H and O–H groups in total. The molecule has 1 rings (SSSR count). The van der Waals surface area contributed by atoms with Crippen molar-refractivity contribution in [2.75, 3.05) is 13.2 Å². The van der Waals surface area contributed by atoms with Crippen molar-refractivity contribution in [3.8, 4) is 0 Å². The lowest BCUT2D eigenvalue weighted by Gasteiger charge is -2.20. The molecule has 0 aromatic carbocycles. The number of allylic oxidation sites excluding steroid dienone is 3. The predicted octanol–water partition coefficient (Wildman–Crippen LogP) is 3.73. The first-order valence-electron chi connectivity index (χ1n) is 6.70. The first-order chi connectivity index (χ1) is 8.18. The highest BCUT2D eigenvalue weighted by Gasteiger charge is 2.16. The standard InChI is InChI=1S/C14H26O2Si/c1-13(2)7-6-8-14(3)9-11-16-17-12-5-4-10-15-17/h7,9,17H,4-6,8,10-12H2,1-3H3/b14-9+. The van der Waals surface area contributed by atoms with Gasteiger partial charge in [0.05, 0.1) is 6.61 Å². The molecule has 1 saturated heterocycles. The maximum absolute atomic E-state index is 5.81. The molecule has 0 bridgehead atoms. The highest BCUT2D eigenvalue weighted by molar-refractivity contribution is 6.44. The van der Waals surface area contributed by atoms with Crippen molar-refractivity contribution in [1.29, 1.82) is 0 Å². The summed E-state index contributed by atoms with van der Waals surface area (Å²) in [6, 6.07) is 1.19. The van der Waals surface area contributed by atoms with Gasteiger partial charge in [-0.05, 0) is 52.5 Å². The molecule has 1 atom stereocenters. The monoisotopic (exact) mass is 254 g/mol. The molecule has 0 spiro atoms. The van der Waals surface area contributed by atoms with Gasteiger partial charge >= 0.3 is 9.28 Å². The Labute approximate surface area is 108 Å². The van der Waals surface area contributed by atoms with E-state index in [9.17, 15) is 0 Å². The van der Waals surface area contributed by atoms with E-state index in [2.05, 4.69) is 32.9 Å². The van der Waals surface area contributed by atoms with Crippen molar-refractivity contribution in [2.24, 2.45) is 0 Å². The van der Waals surface area contributed by atoms with Gasteiger partial charge < -0.3 is 8.85 Å². The fourth-order valence-electron chi connectivity index (χ4n) is 1.83. The smallest absolute Gasteiger partial charge is 0.321 e. The van der Waals surface area contributed by atoms with E-state index in [1.54, 1.807) is 0 Å². The molecule has 98 valence electrons. The predicted molar refractivity (Wildman–Crippen MR) is 75.5 cm³/mol. The molecule has 0 radical (unpaired) electrons. The van der Waals surface area contributed by atoms with Crippen LogP contribution in [0.5, 0.6) is 0 Å². The van der Waals surface area contributed by atoms with Crippen LogP contribution in [0, 0.1) is 0 Å². The van der Waals surface area contributed by atoms with Gasteiger partial charge in [-0.1, -0.05) is 23.3 Å². The third-order valence-corrected chi connectivity index (χ3v) is 4.99. The molecular weight excluding hydrogens is 228 g/mol. The Hall–Kier alpha value is -0.383. The molecule has 1 unspecified atom stereocenters. The second-order valence-electron chi connectivity index (χ2n) is 5.00. The van der Waals surface area contributed by atoms with Crippen LogP contribution in [-0.2, 0) is 8.85 Å². The molecule has 1 aliphatic rings. The molecular formula is C14H26O2Si. The van der Waals surface area contributed by atoms with E-state index >= 15 is 0 Å². The maximum Gasteiger partial charge on any atom is 0.321 e. The van der Waals surface area contributed by atoms with Crippen LogP contribution in [0.25, 0.3) is 0 Å². The summed E-state index contributed by atoms with van der Waals surface area (Å²) in [6.45, 7) is 8.14. The quantitative estimate of drug-likeness (QED) is 0.531. The summed E-state index contributed by atoms with van der Waals surface area (Å²) in [6.07, 6.45) is 9.29. The molecule has 0 saturated carbocycles. The molecule has 0 amide bonds. The van der Waals surface area contributed by atoms with Crippen LogP contribution in [0.2, 0.25) is 6.04 Å². The summed E-state index contributed by atoms with van der Waals surface area (Å²) in [5, 5.41) is 0. The second kappa shape index (κ2) is 8.67. The zero-order valence-electron chi connectivity index (χ0n) is 11.5. The summed E-state index contributed by atoms with van der Waals surface area (Å²) >= 11 is 0. The largest absolute Gasteiger partial charge is 0.397 e. The second-order valence-corrected chi connectivity index (χ2v) is 7.10. The maximum atomic E-state index is 5.81. The Morgan fingerprint density at radius 3 is 2.71 bits per heavy atom. The number of rotatable bonds is 6. The zero-order valence-corrected chi connectivity index (χ0v) is 12.7. The van der Waals surface area contributed by atoms with Crippen molar-refractivity contribution in [3.05, 3.63) is 23.3 Å². The van der Waals surface area contributed by atoms with Crippen LogP contribution in [0.1, 0.15) is 46.5 Å². The summed E-state index contributed by atoms with van der Waals surface area (Å²) < 4.78 is 11.5. The molecule has 1 fully saturated rings. The molecule has 0 aromatic rings. The van der Waals surface area contributed by atoms with Gasteiger partial charge in [0.1, 0.15) is 0 Å². The summed E-state index contributed by atoms with van der Waals surface area (Å²) in [5.41, 5.74) is 2.82. The van der Waals surface area contributed by atoms with Gasteiger partial charge in [0.2, 0.25) is 0 Å². The van der Waals surface area contributed by atoms with Crippen molar-refractivity contribution in [2.45, 2.75) is 52.5 Å². The fourth-order valence-corrected chi connectivity index (χ4v) is 3.62. The Kier molecular flexibility index (Phi) is 7.49. The van der Waals surface area contributed by atoms with Crippen LogP contribution in [-0.4, -0.2) is 22.5 Å². The molecule has 3 heteroatoms. The van der Waals surface area contributed by atoms with Gasteiger partial charge in [0.15, 0.2) is 0 Å². The molecule has 2 nitrogen and oxygen atoms in total. The van der Waals surface area contributed by atoms with E-state index in [0.717, 1.165) is 26.1 Å². The third-order valence-electron chi connectivity index (χ3n) is 2.94. The van der Waals surface area contributed by atoms with Gasteiger partial charge in [-0.2, -0.15) is 0 Å². The highest BCUT2D eigenvalue weighted by atomic mass is 28.3. The number of hydrogen-bond acceptors (Lipinski definition) is 2. The SMILES string of the molecule is CC(C)=CCC/C(C)=C/CO[SiH]1CCCCO1. The number of hydrogen-bond donors (Lipinski definition) is 0. The summed E-state index contributed by atoms with van der Waals surface area (Å²) in [5.74, 6) is 0. The Bertz CT molecular complexity index is 261. The lowest BCUT2D eigenvalue weighted by atomic mass is 10.1. The van der Waals surface area contributed by atoms with E-state index in [1.165, 1.54) is 30.0 Å².